The number of likely N-dealkylation sites (tertiary alicyclic amines) is 1. The number of aliphatic imine (C=N–C) groups is 1. The first-order chi connectivity index (χ1) is 12.3. The number of hydrogen-bond donors (Lipinski definition) is 2. The topological polar surface area (TPSA) is 42.9 Å². The van der Waals surface area contributed by atoms with Gasteiger partial charge in [0.15, 0.2) is 5.96 Å². The van der Waals surface area contributed by atoms with Crippen molar-refractivity contribution in [3.05, 3.63) is 42.0 Å². The van der Waals surface area contributed by atoms with E-state index in [1.807, 2.05) is 7.05 Å². The Morgan fingerprint density at radius 3 is 2.58 bits per heavy atom. The summed E-state index contributed by atoms with van der Waals surface area (Å²) in [5.74, 6) is 0.880. The Hall–Kier alpha value is -1.28. The average molecular weight is 469 g/mol. The van der Waals surface area contributed by atoms with Crippen LogP contribution in [-0.4, -0.2) is 57.2 Å². The van der Waals surface area contributed by atoms with Gasteiger partial charge in [0.1, 0.15) is 0 Å². The number of halogens is 1. The molecule has 2 aliphatic rings. The van der Waals surface area contributed by atoms with E-state index < -0.39 is 0 Å². The zero-order chi connectivity index (χ0) is 17.3. The van der Waals surface area contributed by atoms with Gasteiger partial charge in [0.2, 0.25) is 0 Å². The van der Waals surface area contributed by atoms with Crippen molar-refractivity contribution in [1.82, 2.24) is 15.5 Å². The second kappa shape index (κ2) is 11.4. The number of rotatable bonds is 6. The summed E-state index contributed by atoms with van der Waals surface area (Å²) in [6.07, 6.45) is 8.52. The van der Waals surface area contributed by atoms with Crippen LogP contribution in [0.15, 0.2) is 41.4 Å². The third kappa shape index (κ3) is 6.46. The van der Waals surface area contributed by atoms with E-state index in [2.05, 4.69) is 61.8 Å². The van der Waals surface area contributed by atoms with Gasteiger partial charge in [-0.15, -0.1) is 24.0 Å². The molecule has 0 amide bonds. The molecular formula is C20H32IN5. The molecule has 6 heteroatoms. The number of hydrogen-bond acceptors (Lipinski definition) is 3. The third-order valence-electron chi connectivity index (χ3n) is 4.95. The summed E-state index contributed by atoms with van der Waals surface area (Å²) in [6, 6.07) is 8.75. The fraction of sp³-hybridized carbons (Fsp3) is 0.550. The van der Waals surface area contributed by atoms with Crippen LogP contribution < -0.4 is 15.5 Å². The van der Waals surface area contributed by atoms with E-state index in [4.69, 9.17) is 0 Å². The van der Waals surface area contributed by atoms with Crippen LogP contribution in [0.3, 0.4) is 0 Å². The monoisotopic (exact) mass is 469 g/mol. The van der Waals surface area contributed by atoms with Crippen molar-refractivity contribution in [2.75, 3.05) is 51.2 Å². The zero-order valence-corrected chi connectivity index (χ0v) is 18.1. The Morgan fingerprint density at radius 1 is 1.08 bits per heavy atom. The highest BCUT2D eigenvalue weighted by Crippen LogP contribution is 2.18. The van der Waals surface area contributed by atoms with Gasteiger partial charge < -0.3 is 20.4 Å². The number of piperidine rings is 1. The molecule has 0 aromatic heterocycles. The first kappa shape index (κ1) is 21.0. The van der Waals surface area contributed by atoms with Gasteiger partial charge in [-0.3, -0.25) is 4.99 Å². The van der Waals surface area contributed by atoms with Crippen LogP contribution in [0.1, 0.15) is 24.8 Å². The van der Waals surface area contributed by atoms with Crippen molar-refractivity contribution >= 4 is 35.6 Å². The predicted molar refractivity (Wildman–Crippen MR) is 122 cm³/mol. The van der Waals surface area contributed by atoms with Crippen LogP contribution >= 0.6 is 24.0 Å². The molecule has 0 unspecified atom stereocenters. The molecule has 0 spiro atoms. The lowest BCUT2D eigenvalue weighted by Gasteiger charge is -2.26. The molecule has 1 saturated heterocycles. The maximum atomic E-state index is 4.34. The Labute approximate surface area is 174 Å². The quantitative estimate of drug-likeness (QED) is 0.291. The summed E-state index contributed by atoms with van der Waals surface area (Å²) in [7, 11) is 1.84. The molecule has 144 valence electrons. The Balaban J connectivity index is 0.00000243. The molecule has 0 atom stereocenters. The van der Waals surface area contributed by atoms with E-state index in [9.17, 15) is 0 Å². The summed E-state index contributed by atoms with van der Waals surface area (Å²) >= 11 is 0. The normalized spacial score (nSPS) is 17.9. The van der Waals surface area contributed by atoms with Crippen LogP contribution in [0.5, 0.6) is 0 Å². The van der Waals surface area contributed by atoms with Gasteiger partial charge in [0.25, 0.3) is 0 Å². The second-order valence-corrected chi connectivity index (χ2v) is 6.80. The van der Waals surface area contributed by atoms with E-state index in [1.165, 1.54) is 43.6 Å². The summed E-state index contributed by atoms with van der Waals surface area (Å²) in [5.41, 5.74) is 2.57. The Bertz CT molecular complexity index is 588. The van der Waals surface area contributed by atoms with Gasteiger partial charge in [0, 0.05) is 45.5 Å². The summed E-state index contributed by atoms with van der Waals surface area (Å²) < 4.78 is 0. The van der Waals surface area contributed by atoms with E-state index in [1.54, 1.807) is 0 Å². The van der Waals surface area contributed by atoms with Crippen molar-refractivity contribution in [3.8, 4) is 0 Å². The number of nitrogens with zero attached hydrogens (tertiary/aromatic N) is 3. The smallest absolute Gasteiger partial charge is 0.191 e. The molecule has 0 saturated carbocycles. The lowest BCUT2D eigenvalue weighted by Crippen LogP contribution is -2.42. The minimum absolute atomic E-state index is 0. The highest BCUT2D eigenvalue weighted by molar-refractivity contribution is 14.0. The largest absolute Gasteiger partial charge is 0.364 e. The van der Waals surface area contributed by atoms with Crippen molar-refractivity contribution in [3.63, 3.8) is 0 Å². The van der Waals surface area contributed by atoms with Crippen molar-refractivity contribution in [1.29, 1.82) is 0 Å². The molecule has 0 radical (unpaired) electrons. The summed E-state index contributed by atoms with van der Waals surface area (Å²) in [4.78, 5) is 9.25. The summed E-state index contributed by atoms with van der Waals surface area (Å²) in [6.45, 7) is 7.33. The molecule has 3 rings (SSSR count). The van der Waals surface area contributed by atoms with Gasteiger partial charge in [-0.25, -0.2) is 0 Å². The van der Waals surface area contributed by atoms with E-state index in [-0.39, 0.29) is 24.0 Å². The van der Waals surface area contributed by atoms with Gasteiger partial charge >= 0.3 is 0 Å². The van der Waals surface area contributed by atoms with Crippen molar-refractivity contribution in [2.24, 2.45) is 4.99 Å². The molecule has 2 heterocycles. The third-order valence-corrected chi connectivity index (χ3v) is 4.95. The zero-order valence-electron chi connectivity index (χ0n) is 15.8. The van der Waals surface area contributed by atoms with Gasteiger partial charge in [-0.05, 0) is 43.6 Å². The first-order valence-electron chi connectivity index (χ1n) is 9.51. The van der Waals surface area contributed by atoms with Crippen molar-refractivity contribution < 1.29 is 0 Å². The van der Waals surface area contributed by atoms with Gasteiger partial charge in [-0.1, -0.05) is 30.7 Å². The minimum Gasteiger partial charge on any atom is -0.364 e. The SMILES string of the molecule is CN=C(NCCN1CCCCC1)NCc1cccc(N2CC=CC2)c1.I. The van der Waals surface area contributed by atoms with Crippen LogP contribution in [0.25, 0.3) is 0 Å². The molecule has 26 heavy (non-hydrogen) atoms. The molecule has 2 aliphatic heterocycles. The molecule has 1 fully saturated rings. The molecular weight excluding hydrogens is 437 g/mol. The molecule has 2 N–H and O–H groups in total. The first-order valence-corrected chi connectivity index (χ1v) is 9.51. The van der Waals surface area contributed by atoms with Gasteiger partial charge in [0.05, 0.1) is 0 Å². The van der Waals surface area contributed by atoms with E-state index in [0.29, 0.717) is 0 Å². The minimum atomic E-state index is 0. The average Bonchev–Trinajstić information content (AvgIpc) is 3.20. The lowest BCUT2D eigenvalue weighted by atomic mass is 10.1. The molecule has 0 bridgehead atoms. The van der Waals surface area contributed by atoms with Crippen molar-refractivity contribution in [2.45, 2.75) is 25.8 Å². The van der Waals surface area contributed by atoms with Crippen LogP contribution in [0, 0.1) is 0 Å². The number of benzene rings is 1. The highest BCUT2D eigenvalue weighted by atomic mass is 127. The molecule has 5 nitrogen and oxygen atoms in total. The molecule has 1 aromatic rings. The molecule has 1 aromatic carbocycles. The highest BCUT2D eigenvalue weighted by Gasteiger charge is 2.10. The van der Waals surface area contributed by atoms with E-state index in [0.717, 1.165) is 38.7 Å². The van der Waals surface area contributed by atoms with Crippen LogP contribution in [-0.2, 0) is 6.54 Å². The fourth-order valence-corrected chi connectivity index (χ4v) is 3.47. The Kier molecular flexibility index (Phi) is 9.25. The number of nitrogens with one attached hydrogen (secondary N) is 2. The fourth-order valence-electron chi connectivity index (χ4n) is 3.47. The van der Waals surface area contributed by atoms with E-state index >= 15 is 0 Å². The predicted octanol–water partition coefficient (Wildman–Crippen LogP) is 2.83. The van der Waals surface area contributed by atoms with Gasteiger partial charge in [-0.2, -0.15) is 0 Å². The second-order valence-electron chi connectivity index (χ2n) is 6.80. The number of guanidine groups is 1. The van der Waals surface area contributed by atoms with Crippen LogP contribution in [0.4, 0.5) is 5.69 Å². The maximum Gasteiger partial charge on any atom is 0.191 e. The lowest BCUT2D eigenvalue weighted by molar-refractivity contribution is 0.232. The maximum absolute atomic E-state index is 4.34. The summed E-state index contributed by atoms with van der Waals surface area (Å²) in [5, 5.41) is 6.86. The standard InChI is InChI=1S/C20H31N5.HI/c1-21-20(22-10-15-24-11-3-2-4-12-24)23-17-18-8-7-9-19(16-18)25-13-5-6-14-25;/h5-9,16H,2-4,10-15,17H2,1H3,(H2,21,22,23);1H. The molecule has 0 aliphatic carbocycles. The number of anilines is 1. The Morgan fingerprint density at radius 2 is 1.85 bits per heavy atom. The van der Waals surface area contributed by atoms with Crippen LogP contribution in [0.2, 0.25) is 0 Å².